The Morgan fingerprint density at radius 1 is 1.03 bits per heavy atom. The Labute approximate surface area is 216 Å². The Bertz CT molecular complexity index is 1600. The highest BCUT2D eigenvalue weighted by molar-refractivity contribution is 6.32. The van der Waals surface area contributed by atoms with Gasteiger partial charge in [0.05, 0.1) is 34.3 Å². The number of aromatic nitrogens is 6. The number of benzene rings is 2. The van der Waals surface area contributed by atoms with E-state index in [9.17, 15) is 8.78 Å². The van der Waals surface area contributed by atoms with Crippen LogP contribution in [0.2, 0.25) is 5.15 Å². The highest BCUT2D eigenvalue weighted by Gasteiger charge is 2.37. The monoisotopic (exact) mass is 522 g/mol. The summed E-state index contributed by atoms with van der Waals surface area (Å²) >= 11 is 6.50. The molecule has 0 radical (unpaired) electrons. The van der Waals surface area contributed by atoms with E-state index in [4.69, 9.17) is 21.3 Å². The summed E-state index contributed by atoms with van der Waals surface area (Å²) in [7, 11) is 0. The van der Waals surface area contributed by atoms with Crippen molar-refractivity contribution < 1.29 is 13.5 Å². The molecule has 1 aliphatic rings. The number of fused-ring (bicyclic) bond motifs is 2. The lowest BCUT2D eigenvalue weighted by Gasteiger charge is -2.32. The molecule has 0 spiro atoms. The molecular formula is C27H25ClF2N6O. The Morgan fingerprint density at radius 2 is 1.76 bits per heavy atom. The topological polar surface area (TPSA) is 81.5 Å². The number of hydrogen-bond donors (Lipinski definition) is 1. The van der Waals surface area contributed by atoms with Crippen LogP contribution < -0.4 is 4.74 Å². The van der Waals surface area contributed by atoms with Crippen LogP contribution in [0, 0.1) is 12.8 Å². The smallest absolute Gasteiger partial charge is 0.248 e. The molecule has 3 aromatic heterocycles. The van der Waals surface area contributed by atoms with Gasteiger partial charge in [-0.05, 0) is 56.9 Å². The molecule has 190 valence electrons. The molecule has 6 rings (SSSR count). The molecule has 0 unspecified atom stereocenters. The van der Waals surface area contributed by atoms with Gasteiger partial charge in [-0.1, -0.05) is 11.6 Å². The molecule has 0 bridgehead atoms. The van der Waals surface area contributed by atoms with Crippen LogP contribution in [0.1, 0.15) is 44.5 Å². The number of hydrogen-bond acceptors (Lipinski definition) is 5. The van der Waals surface area contributed by atoms with E-state index in [1.807, 2.05) is 61.1 Å². The summed E-state index contributed by atoms with van der Waals surface area (Å²) in [5.41, 5.74) is 4.28. The molecule has 1 N–H and O–H groups in total. The summed E-state index contributed by atoms with van der Waals surface area (Å²) in [6.45, 7) is 3.93. The predicted molar refractivity (Wildman–Crippen MR) is 138 cm³/mol. The van der Waals surface area contributed by atoms with Gasteiger partial charge in [-0.3, -0.25) is 4.68 Å². The number of nitrogens with one attached hydrogen (secondary N) is 1. The fourth-order valence-electron chi connectivity index (χ4n) is 5.02. The number of H-pyrrole nitrogens is 1. The van der Waals surface area contributed by atoms with Crippen molar-refractivity contribution in [3.8, 4) is 22.8 Å². The number of nitrogens with zero attached hydrogens (tertiary/aromatic N) is 5. The number of imidazole rings is 1. The number of ether oxygens (including phenoxy) is 1. The average molecular weight is 523 g/mol. The minimum atomic E-state index is -2.55. The second-order valence-corrected chi connectivity index (χ2v) is 10.1. The standard InChI is InChI=1S/C27H25ClF2N6O/c1-15(17-7-9-27(29,30)10-8-17)36-14-18(13-31-36)25-26(28)35-22-6-4-20(12-24(22)34-25)37-19-3-5-21-23(11-19)33-16(2)32-21/h3-6,11-15,17H,7-10H2,1-2H3,(H,32,33)/t15-/m0/s1. The molecule has 7 nitrogen and oxygen atoms in total. The van der Waals surface area contributed by atoms with Crippen LogP contribution >= 0.6 is 11.6 Å². The van der Waals surface area contributed by atoms with Crippen LogP contribution in [0.5, 0.6) is 11.5 Å². The highest BCUT2D eigenvalue weighted by atomic mass is 35.5. The van der Waals surface area contributed by atoms with Crippen molar-refractivity contribution in [1.29, 1.82) is 0 Å². The predicted octanol–water partition coefficient (Wildman–Crippen LogP) is 7.51. The molecule has 0 amide bonds. The van der Waals surface area contributed by atoms with Gasteiger partial charge in [-0.2, -0.15) is 5.10 Å². The molecule has 1 atom stereocenters. The van der Waals surface area contributed by atoms with Crippen LogP contribution in [0.4, 0.5) is 8.78 Å². The molecule has 0 saturated heterocycles. The first kappa shape index (κ1) is 23.8. The van der Waals surface area contributed by atoms with E-state index in [1.165, 1.54) is 0 Å². The summed E-state index contributed by atoms with van der Waals surface area (Å²) < 4.78 is 35.1. The second-order valence-electron chi connectivity index (χ2n) is 9.76. The molecular weight excluding hydrogens is 498 g/mol. The third-order valence-electron chi connectivity index (χ3n) is 7.14. The Balaban J connectivity index is 1.25. The Kier molecular flexibility index (Phi) is 5.82. The zero-order valence-corrected chi connectivity index (χ0v) is 21.1. The zero-order chi connectivity index (χ0) is 25.7. The van der Waals surface area contributed by atoms with Crippen LogP contribution in [0.3, 0.4) is 0 Å². The number of aryl methyl sites for hydroxylation is 1. The minimum absolute atomic E-state index is 0.00644. The Morgan fingerprint density at radius 3 is 2.54 bits per heavy atom. The highest BCUT2D eigenvalue weighted by Crippen LogP contribution is 2.41. The van der Waals surface area contributed by atoms with Crippen LogP contribution in [0.15, 0.2) is 48.8 Å². The maximum Gasteiger partial charge on any atom is 0.248 e. The SMILES string of the molecule is Cc1nc2ccc(Oc3ccc4nc(Cl)c(-c5cnn([C@@H](C)C6CCC(F)(F)CC6)c5)nc4c3)cc2[nH]1. The van der Waals surface area contributed by atoms with Crippen molar-refractivity contribution in [3.05, 3.63) is 59.8 Å². The maximum atomic E-state index is 13.6. The van der Waals surface area contributed by atoms with E-state index in [0.29, 0.717) is 41.1 Å². The van der Waals surface area contributed by atoms with Gasteiger partial charge in [0.2, 0.25) is 5.92 Å². The van der Waals surface area contributed by atoms with E-state index in [1.54, 1.807) is 6.20 Å². The summed E-state index contributed by atoms with van der Waals surface area (Å²) in [4.78, 5) is 16.9. The van der Waals surface area contributed by atoms with E-state index in [-0.39, 0.29) is 30.0 Å². The second kappa shape index (κ2) is 9.06. The lowest BCUT2D eigenvalue weighted by molar-refractivity contribution is -0.0510. The molecule has 1 fully saturated rings. The van der Waals surface area contributed by atoms with Crippen molar-refractivity contribution in [1.82, 2.24) is 29.7 Å². The van der Waals surface area contributed by atoms with Crippen molar-refractivity contribution in [3.63, 3.8) is 0 Å². The number of alkyl halides is 2. The molecule has 3 heterocycles. The van der Waals surface area contributed by atoms with Gasteiger partial charge in [-0.15, -0.1) is 0 Å². The first-order chi connectivity index (χ1) is 17.7. The number of rotatable bonds is 5. The maximum absolute atomic E-state index is 13.6. The molecule has 2 aromatic carbocycles. The fourth-order valence-corrected chi connectivity index (χ4v) is 5.26. The van der Waals surface area contributed by atoms with Gasteiger partial charge in [0.25, 0.3) is 0 Å². The lowest BCUT2D eigenvalue weighted by Crippen LogP contribution is -2.29. The van der Waals surface area contributed by atoms with Crippen LogP contribution in [-0.4, -0.2) is 35.6 Å². The van der Waals surface area contributed by atoms with E-state index in [2.05, 4.69) is 20.1 Å². The van der Waals surface area contributed by atoms with Crippen molar-refractivity contribution in [2.24, 2.45) is 5.92 Å². The van der Waals surface area contributed by atoms with Gasteiger partial charge >= 0.3 is 0 Å². The van der Waals surface area contributed by atoms with Crippen molar-refractivity contribution in [2.75, 3.05) is 0 Å². The van der Waals surface area contributed by atoms with E-state index >= 15 is 0 Å². The summed E-state index contributed by atoms with van der Waals surface area (Å²) in [6, 6.07) is 11.1. The van der Waals surface area contributed by atoms with Gasteiger partial charge in [0, 0.05) is 36.7 Å². The number of aromatic amines is 1. The van der Waals surface area contributed by atoms with E-state index < -0.39 is 5.92 Å². The van der Waals surface area contributed by atoms with Gasteiger partial charge in [-0.25, -0.2) is 23.7 Å². The molecule has 10 heteroatoms. The fraction of sp³-hybridized carbons (Fsp3) is 0.333. The summed E-state index contributed by atoms with van der Waals surface area (Å²) in [5.74, 6) is -0.268. The largest absolute Gasteiger partial charge is 0.457 e. The summed E-state index contributed by atoms with van der Waals surface area (Å²) in [5, 5.41) is 4.76. The number of halogens is 3. The third-order valence-corrected chi connectivity index (χ3v) is 7.40. The zero-order valence-electron chi connectivity index (χ0n) is 20.4. The quantitative estimate of drug-likeness (QED) is 0.258. The first-order valence-corrected chi connectivity index (χ1v) is 12.7. The van der Waals surface area contributed by atoms with Gasteiger partial charge < -0.3 is 9.72 Å². The van der Waals surface area contributed by atoms with E-state index in [0.717, 1.165) is 22.4 Å². The van der Waals surface area contributed by atoms with Crippen molar-refractivity contribution in [2.45, 2.75) is 51.5 Å². The van der Waals surface area contributed by atoms with Crippen molar-refractivity contribution >= 4 is 33.7 Å². The van der Waals surface area contributed by atoms with Gasteiger partial charge in [0.1, 0.15) is 23.0 Å². The molecule has 1 aliphatic carbocycles. The molecule has 37 heavy (non-hydrogen) atoms. The van der Waals surface area contributed by atoms with Crippen LogP contribution in [-0.2, 0) is 0 Å². The molecule has 1 saturated carbocycles. The first-order valence-electron chi connectivity index (χ1n) is 12.3. The normalized spacial score (nSPS) is 16.9. The third kappa shape index (κ3) is 4.75. The van der Waals surface area contributed by atoms with Gasteiger partial charge in [0.15, 0.2) is 5.15 Å². The van der Waals surface area contributed by atoms with Crippen LogP contribution in [0.25, 0.3) is 33.3 Å². The summed E-state index contributed by atoms with van der Waals surface area (Å²) in [6.07, 6.45) is 4.37. The average Bonchev–Trinajstić information content (AvgIpc) is 3.49. The Hall–Kier alpha value is -3.59. The minimum Gasteiger partial charge on any atom is -0.457 e. The molecule has 5 aromatic rings. The lowest BCUT2D eigenvalue weighted by atomic mass is 9.83. The molecule has 0 aliphatic heterocycles.